The molecule has 3 N–H and O–H groups in total. The van der Waals surface area contributed by atoms with Crippen LogP contribution in [0.5, 0.6) is 0 Å². The fourth-order valence-electron chi connectivity index (χ4n) is 2.42. The van der Waals surface area contributed by atoms with Crippen molar-refractivity contribution in [3.05, 3.63) is 36.5 Å². The summed E-state index contributed by atoms with van der Waals surface area (Å²) in [4.78, 5) is 27.3. The first-order chi connectivity index (χ1) is 11.1. The van der Waals surface area contributed by atoms with Crippen LogP contribution >= 0.6 is 0 Å². The predicted molar refractivity (Wildman–Crippen MR) is 92.1 cm³/mol. The van der Waals surface area contributed by atoms with E-state index >= 15 is 0 Å². The van der Waals surface area contributed by atoms with Crippen molar-refractivity contribution >= 4 is 28.3 Å². The number of rotatable bonds is 8. The van der Waals surface area contributed by atoms with Crippen molar-refractivity contribution in [1.82, 2.24) is 4.98 Å². The Morgan fingerprint density at radius 1 is 1.22 bits per heavy atom. The number of unbranched alkanes of at least 4 members (excludes halogenated alkanes) is 2. The van der Waals surface area contributed by atoms with E-state index in [0.29, 0.717) is 18.5 Å². The first kappa shape index (κ1) is 17.1. The number of benzene rings is 1. The molecule has 1 heterocycles. The summed E-state index contributed by atoms with van der Waals surface area (Å²) in [7, 11) is 0. The number of para-hydroxylation sites is 1. The van der Waals surface area contributed by atoms with E-state index in [4.69, 9.17) is 5.73 Å². The summed E-state index contributed by atoms with van der Waals surface area (Å²) in [5, 5.41) is 3.79. The number of nitrogens with one attached hydrogen (secondary N) is 1. The number of aromatic nitrogens is 1. The Kier molecular flexibility index (Phi) is 6.23. The van der Waals surface area contributed by atoms with E-state index < -0.39 is 6.04 Å². The molecule has 0 saturated carbocycles. The Morgan fingerprint density at radius 3 is 2.78 bits per heavy atom. The lowest BCUT2D eigenvalue weighted by Gasteiger charge is -2.12. The van der Waals surface area contributed by atoms with Crippen molar-refractivity contribution in [2.45, 2.75) is 45.1 Å². The van der Waals surface area contributed by atoms with Gasteiger partial charge in [-0.15, -0.1) is 0 Å². The number of anilines is 1. The quantitative estimate of drug-likeness (QED) is 0.734. The van der Waals surface area contributed by atoms with Crippen LogP contribution in [0.2, 0.25) is 0 Å². The molecule has 23 heavy (non-hydrogen) atoms. The third-order valence-corrected chi connectivity index (χ3v) is 3.74. The molecule has 2 rings (SSSR count). The zero-order valence-corrected chi connectivity index (χ0v) is 13.4. The molecule has 5 nitrogen and oxygen atoms in total. The maximum Gasteiger partial charge on any atom is 0.241 e. The summed E-state index contributed by atoms with van der Waals surface area (Å²) in [6.45, 7) is 1.59. The lowest BCUT2D eigenvalue weighted by atomic mass is 10.1. The smallest absolute Gasteiger partial charge is 0.241 e. The molecule has 1 aromatic carbocycles. The van der Waals surface area contributed by atoms with Gasteiger partial charge in [0.05, 0.1) is 23.4 Å². The molecule has 0 radical (unpaired) electrons. The molecule has 0 fully saturated rings. The second kappa shape index (κ2) is 8.39. The van der Waals surface area contributed by atoms with Gasteiger partial charge in [0.1, 0.15) is 5.78 Å². The molecule has 5 heteroatoms. The van der Waals surface area contributed by atoms with Gasteiger partial charge in [0, 0.05) is 11.8 Å². The number of Topliss-reactive ketones (excluding diaryl/α,β-unsaturated/α-hetero) is 1. The lowest BCUT2D eigenvalue weighted by molar-refractivity contribution is -0.118. The molecule has 0 aliphatic rings. The second-order valence-corrected chi connectivity index (χ2v) is 5.81. The highest BCUT2D eigenvalue weighted by Crippen LogP contribution is 2.16. The van der Waals surface area contributed by atoms with Crippen LogP contribution in [-0.2, 0) is 9.59 Å². The van der Waals surface area contributed by atoms with Gasteiger partial charge in [-0.1, -0.05) is 31.0 Å². The van der Waals surface area contributed by atoms with Gasteiger partial charge in [-0.25, -0.2) is 0 Å². The number of nitrogens with zero attached hydrogens (tertiary/aromatic N) is 1. The highest BCUT2D eigenvalue weighted by atomic mass is 16.2. The Balaban J connectivity index is 1.81. The van der Waals surface area contributed by atoms with Crippen LogP contribution in [0, 0.1) is 0 Å². The summed E-state index contributed by atoms with van der Waals surface area (Å²) in [5.41, 5.74) is 7.46. The Labute approximate surface area is 136 Å². The van der Waals surface area contributed by atoms with Gasteiger partial charge in [0.2, 0.25) is 5.91 Å². The number of amides is 1. The molecule has 1 amide bonds. The van der Waals surface area contributed by atoms with Crippen LogP contribution in [0.3, 0.4) is 0 Å². The molecular formula is C18H23N3O2. The maximum atomic E-state index is 12.1. The zero-order chi connectivity index (χ0) is 16.7. The Hall–Kier alpha value is -2.27. The number of nitrogens with two attached hydrogens (primary N) is 1. The van der Waals surface area contributed by atoms with E-state index in [2.05, 4.69) is 10.3 Å². The summed E-state index contributed by atoms with van der Waals surface area (Å²) in [6.07, 6.45) is 5.48. The average molecular weight is 313 g/mol. The predicted octanol–water partition coefficient (Wildman–Crippen LogP) is 3.04. The van der Waals surface area contributed by atoms with E-state index in [1.165, 1.54) is 0 Å². The van der Waals surface area contributed by atoms with E-state index in [9.17, 15) is 9.59 Å². The molecule has 122 valence electrons. The SMILES string of the molecule is CC(=O)CCCCC[C@H](N)C(=O)Nc1cnc2ccccc2c1. The van der Waals surface area contributed by atoms with Crippen LogP contribution < -0.4 is 11.1 Å². The zero-order valence-electron chi connectivity index (χ0n) is 13.4. The topological polar surface area (TPSA) is 85.1 Å². The van der Waals surface area contributed by atoms with Crippen molar-refractivity contribution in [2.75, 3.05) is 5.32 Å². The molecule has 2 aromatic rings. The monoisotopic (exact) mass is 313 g/mol. The van der Waals surface area contributed by atoms with Crippen molar-refractivity contribution in [3.63, 3.8) is 0 Å². The first-order valence-corrected chi connectivity index (χ1v) is 7.97. The molecule has 0 bridgehead atoms. The molecule has 1 atom stereocenters. The summed E-state index contributed by atoms with van der Waals surface area (Å²) in [5.74, 6) is 0.00416. The van der Waals surface area contributed by atoms with Crippen molar-refractivity contribution in [1.29, 1.82) is 0 Å². The molecular weight excluding hydrogens is 290 g/mol. The number of carbonyl (C=O) groups is 2. The van der Waals surface area contributed by atoms with E-state index in [-0.39, 0.29) is 11.7 Å². The number of hydrogen-bond donors (Lipinski definition) is 2. The Bertz CT molecular complexity index is 685. The van der Waals surface area contributed by atoms with Gasteiger partial charge in [0.15, 0.2) is 0 Å². The average Bonchev–Trinajstić information content (AvgIpc) is 2.54. The number of pyridine rings is 1. The van der Waals surface area contributed by atoms with E-state index in [0.717, 1.165) is 30.2 Å². The van der Waals surface area contributed by atoms with Crippen molar-refractivity contribution in [3.8, 4) is 0 Å². The lowest BCUT2D eigenvalue weighted by Crippen LogP contribution is -2.35. The van der Waals surface area contributed by atoms with Gasteiger partial charge in [0.25, 0.3) is 0 Å². The van der Waals surface area contributed by atoms with E-state index in [1.807, 2.05) is 30.3 Å². The fraction of sp³-hybridized carbons (Fsp3) is 0.389. The van der Waals surface area contributed by atoms with Crippen LogP contribution in [-0.4, -0.2) is 22.7 Å². The van der Waals surface area contributed by atoms with Crippen LogP contribution in [0.1, 0.15) is 39.0 Å². The normalized spacial score (nSPS) is 12.1. The first-order valence-electron chi connectivity index (χ1n) is 7.97. The van der Waals surface area contributed by atoms with Gasteiger partial charge in [-0.05, 0) is 31.9 Å². The molecule has 0 aliphatic heterocycles. The maximum absolute atomic E-state index is 12.1. The highest BCUT2D eigenvalue weighted by molar-refractivity contribution is 5.96. The molecule has 0 aliphatic carbocycles. The van der Waals surface area contributed by atoms with Gasteiger partial charge >= 0.3 is 0 Å². The minimum Gasteiger partial charge on any atom is -0.323 e. The minimum atomic E-state index is -0.543. The largest absolute Gasteiger partial charge is 0.323 e. The van der Waals surface area contributed by atoms with Gasteiger partial charge in [-0.2, -0.15) is 0 Å². The van der Waals surface area contributed by atoms with Crippen LogP contribution in [0.15, 0.2) is 36.5 Å². The van der Waals surface area contributed by atoms with Crippen molar-refractivity contribution in [2.24, 2.45) is 5.73 Å². The standard InChI is InChI=1S/C18H23N3O2/c1-13(22)7-3-2-4-9-16(19)18(23)21-15-11-14-8-5-6-10-17(14)20-12-15/h5-6,8,10-12,16H,2-4,7,9,19H2,1H3,(H,21,23)/t16-/m0/s1. The summed E-state index contributed by atoms with van der Waals surface area (Å²) >= 11 is 0. The molecule has 1 aromatic heterocycles. The van der Waals surface area contributed by atoms with E-state index in [1.54, 1.807) is 13.1 Å². The van der Waals surface area contributed by atoms with Crippen molar-refractivity contribution < 1.29 is 9.59 Å². The third kappa shape index (κ3) is 5.45. The van der Waals surface area contributed by atoms with Crippen LogP contribution in [0.4, 0.5) is 5.69 Å². The second-order valence-electron chi connectivity index (χ2n) is 5.81. The molecule has 0 unspecified atom stereocenters. The number of ketones is 1. The van der Waals surface area contributed by atoms with Crippen LogP contribution in [0.25, 0.3) is 10.9 Å². The summed E-state index contributed by atoms with van der Waals surface area (Å²) < 4.78 is 0. The Morgan fingerprint density at radius 2 is 2.00 bits per heavy atom. The summed E-state index contributed by atoms with van der Waals surface area (Å²) in [6, 6.07) is 9.08. The van der Waals surface area contributed by atoms with Gasteiger partial charge in [-0.3, -0.25) is 9.78 Å². The molecule has 0 spiro atoms. The number of carbonyl (C=O) groups excluding carboxylic acids is 2. The fourth-order valence-corrected chi connectivity index (χ4v) is 2.42. The molecule has 0 saturated heterocycles. The minimum absolute atomic E-state index is 0.200. The number of fused-ring (bicyclic) bond motifs is 1. The highest BCUT2D eigenvalue weighted by Gasteiger charge is 2.13. The third-order valence-electron chi connectivity index (χ3n) is 3.74. The number of hydrogen-bond acceptors (Lipinski definition) is 4. The van der Waals surface area contributed by atoms with Gasteiger partial charge < -0.3 is 15.8 Å².